The standard InChI is InChI=1S/C34H37N5O3/c1-33(19-24-20-35-28-13-7-5-11-26(24)28,39-31(40)29-18-23-10-4-6-12-27(23)38-29)32(41)37-22-34(16-8-3-9-17-34)30-15-14-25(42-2)21-36-30/h4-7,10-15,18,20-21,35,38H,3,8-9,16-17,19,22H2,1-2H3,(H,37,41)(H,39,40)/t33-/m0/s1. The molecule has 2 aromatic carbocycles. The van der Waals surface area contributed by atoms with Crippen LogP contribution < -0.4 is 15.4 Å². The van der Waals surface area contributed by atoms with Gasteiger partial charge in [-0.3, -0.25) is 14.6 Å². The van der Waals surface area contributed by atoms with Crippen molar-refractivity contribution in [3.05, 3.63) is 96.1 Å². The number of aromatic amines is 2. The highest BCUT2D eigenvalue weighted by atomic mass is 16.5. The van der Waals surface area contributed by atoms with Gasteiger partial charge < -0.3 is 25.3 Å². The summed E-state index contributed by atoms with van der Waals surface area (Å²) in [6, 6.07) is 21.5. The number of hydrogen-bond donors (Lipinski definition) is 4. The molecule has 2 amide bonds. The number of aromatic nitrogens is 3. The van der Waals surface area contributed by atoms with Crippen molar-refractivity contribution in [2.45, 2.75) is 56.4 Å². The van der Waals surface area contributed by atoms with E-state index in [0.717, 1.165) is 58.7 Å². The number of para-hydroxylation sites is 2. The number of carbonyl (C=O) groups is 2. The number of pyridine rings is 1. The number of ether oxygens (including phenoxy) is 1. The quantitative estimate of drug-likeness (QED) is 0.182. The number of fused-ring (bicyclic) bond motifs is 2. The summed E-state index contributed by atoms with van der Waals surface area (Å²) in [5.74, 6) is 0.156. The van der Waals surface area contributed by atoms with Gasteiger partial charge in [-0.2, -0.15) is 0 Å². The Hall–Kier alpha value is -4.59. The third-order valence-corrected chi connectivity index (χ3v) is 8.80. The highest BCUT2D eigenvalue weighted by Gasteiger charge is 2.40. The van der Waals surface area contributed by atoms with Crippen molar-refractivity contribution in [2.24, 2.45) is 0 Å². The molecule has 1 saturated carbocycles. The molecule has 6 rings (SSSR count). The minimum absolute atomic E-state index is 0.226. The fraction of sp³-hybridized carbons (Fsp3) is 0.324. The van der Waals surface area contributed by atoms with E-state index in [-0.39, 0.29) is 17.2 Å². The molecule has 1 atom stereocenters. The Morgan fingerprint density at radius 2 is 1.76 bits per heavy atom. The van der Waals surface area contributed by atoms with Crippen molar-refractivity contribution >= 4 is 33.6 Å². The van der Waals surface area contributed by atoms with Gasteiger partial charge in [-0.15, -0.1) is 0 Å². The van der Waals surface area contributed by atoms with Crippen LogP contribution in [-0.4, -0.2) is 46.0 Å². The molecular weight excluding hydrogens is 526 g/mol. The van der Waals surface area contributed by atoms with Crippen LogP contribution in [-0.2, 0) is 16.6 Å². The van der Waals surface area contributed by atoms with Gasteiger partial charge in [0, 0.05) is 52.1 Å². The van der Waals surface area contributed by atoms with Crippen LogP contribution in [0, 0.1) is 0 Å². The van der Waals surface area contributed by atoms with E-state index in [1.54, 1.807) is 13.3 Å². The number of H-pyrrole nitrogens is 2. The minimum Gasteiger partial charge on any atom is -0.495 e. The van der Waals surface area contributed by atoms with E-state index in [4.69, 9.17) is 9.72 Å². The largest absolute Gasteiger partial charge is 0.495 e. The van der Waals surface area contributed by atoms with Gasteiger partial charge in [-0.1, -0.05) is 55.7 Å². The van der Waals surface area contributed by atoms with Gasteiger partial charge in [0.1, 0.15) is 17.0 Å². The van der Waals surface area contributed by atoms with Crippen LogP contribution in [0.25, 0.3) is 21.8 Å². The molecule has 0 saturated heterocycles. The monoisotopic (exact) mass is 563 g/mol. The lowest BCUT2D eigenvalue weighted by atomic mass is 9.71. The van der Waals surface area contributed by atoms with Crippen LogP contribution in [0.3, 0.4) is 0 Å². The molecule has 1 aliphatic carbocycles. The van der Waals surface area contributed by atoms with E-state index in [0.29, 0.717) is 24.4 Å². The zero-order valence-electron chi connectivity index (χ0n) is 24.1. The van der Waals surface area contributed by atoms with Crippen molar-refractivity contribution in [2.75, 3.05) is 13.7 Å². The fourth-order valence-corrected chi connectivity index (χ4v) is 6.36. The first-order valence-electron chi connectivity index (χ1n) is 14.6. The minimum atomic E-state index is -1.22. The number of nitrogens with zero attached hydrogens (tertiary/aromatic N) is 1. The zero-order valence-corrected chi connectivity index (χ0v) is 24.1. The van der Waals surface area contributed by atoms with Crippen LogP contribution in [0.4, 0.5) is 0 Å². The molecule has 1 fully saturated rings. The number of amides is 2. The van der Waals surface area contributed by atoms with Gasteiger partial charge in [0.15, 0.2) is 0 Å². The maximum Gasteiger partial charge on any atom is 0.268 e. The first-order chi connectivity index (χ1) is 20.4. The fourth-order valence-electron chi connectivity index (χ4n) is 6.36. The Morgan fingerprint density at radius 1 is 1.00 bits per heavy atom. The summed E-state index contributed by atoms with van der Waals surface area (Å²) < 4.78 is 5.33. The summed E-state index contributed by atoms with van der Waals surface area (Å²) in [4.78, 5) is 39.1. The van der Waals surface area contributed by atoms with Gasteiger partial charge in [0.05, 0.1) is 13.3 Å². The summed E-state index contributed by atoms with van der Waals surface area (Å²) >= 11 is 0. The Morgan fingerprint density at radius 3 is 2.50 bits per heavy atom. The molecule has 0 aliphatic heterocycles. The van der Waals surface area contributed by atoms with E-state index < -0.39 is 5.54 Å². The first kappa shape index (κ1) is 27.6. The summed E-state index contributed by atoms with van der Waals surface area (Å²) in [6.07, 6.45) is 9.19. The van der Waals surface area contributed by atoms with Crippen LogP contribution in [0.15, 0.2) is 79.1 Å². The number of carbonyl (C=O) groups excluding carboxylic acids is 2. The SMILES string of the molecule is COc1ccc(C2(CNC(=O)[C@](C)(Cc3c[nH]c4ccccc34)NC(=O)c3cc4ccccc4[nH]3)CCCCC2)nc1. The second-order valence-corrected chi connectivity index (χ2v) is 11.7. The molecule has 8 nitrogen and oxygen atoms in total. The molecule has 8 heteroatoms. The van der Waals surface area contributed by atoms with Crippen molar-refractivity contribution in [1.82, 2.24) is 25.6 Å². The van der Waals surface area contributed by atoms with Crippen LogP contribution in [0.1, 0.15) is 60.8 Å². The lowest BCUT2D eigenvalue weighted by Gasteiger charge is -2.38. The first-order valence-corrected chi connectivity index (χ1v) is 14.6. The number of hydrogen-bond acceptors (Lipinski definition) is 4. The van der Waals surface area contributed by atoms with Crippen molar-refractivity contribution in [1.29, 1.82) is 0 Å². The average molecular weight is 564 g/mol. The Labute approximate surface area is 245 Å². The molecule has 4 N–H and O–H groups in total. The highest BCUT2D eigenvalue weighted by molar-refractivity contribution is 6.01. The van der Waals surface area contributed by atoms with Gasteiger partial charge >= 0.3 is 0 Å². The second-order valence-electron chi connectivity index (χ2n) is 11.7. The predicted octanol–water partition coefficient (Wildman–Crippen LogP) is 5.80. The molecule has 5 aromatic rings. The smallest absolute Gasteiger partial charge is 0.268 e. The van der Waals surface area contributed by atoms with E-state index in [1.807, 2.05) is 79.9 Å². The molecule has 1 aliphatic rings. The molecule has 216 valence electrons. The lowest BCUT2D eigenvalue weighted by molar-refractivity contribution is -0.127. The number of nitrogens with one attached hydrogen (secondary N) is 4. The van der Waals surface area contributed by atoms with Crippen molar-refractivity contribution < 1.29 is 14.3 Å². The van der Waals surface area contributed by atoms with Crippen molar-refractivity contribution in [3.8, 4) is 5.75 Å². The van der Waals surface area contributed by atoms with Gasteiger partial charge in [-0.05, 0) is 55.7 Å². The van der Waals surface area contributed by atoms with E-state index >= 15 is 0 Å². The van der Waals surface area contributed by atoms with Gasteiger partial charge in [0.2, 0.25) is 5.91 Å². The maximum atomic E-state index is 14.2. The Balaban J connectivity index is 1.29. The summed E-state index contributed by atoms with van der Waals surface area (Å²) in [6.45, 7) is 2.25. The van der Waals surface area contributed by atoms with Gasteiger partial charge in [-0.25, -0.2) is 0 Å². The molecule has 0 radical (unpaired) electrons. The topological polar surface area (TPSA) is 112 Å². The molecule has 3 heterocycles. The molecule has 0 spiro atoms. The Bertz CT molecular complexity index is 1680. The molecule has 0 unspecified atom stereocenters. The molecule has 3 aromatic heterocycles. The van der Waals surface area contributed by atoms with Crippen molar-refractivity contribution in [3.63, 3.8) is 0 Å². The molecule has 42 heavy (non-hydrogen) atoms. The number of rotatable bonds is 9. The number of methoxy groups -OCH3 is 1. The summed E-state index contributed by atoms with van der Waals surface area (Å²) in [5.41, 5.74) is 2.71. The predicted molar refractivity (Wildman–Crippen MR) is 165 cm³/mol. The molecular formula is C34H37N5O3. The third-order valence-electron chi connectivity index (χ3n) is 8.80. The third kappa shape index (κ3) is 5.36. The summed E-state index contributed by atoms with van der Waals surface area (Å²) in [7, 11) is 1.63. The molecule has 0 bridgehead atoms. The van der Waals surface area contributed by atoms with E-state index in [9.17, 15) is 9.59 Å². The maximum absolute atomic E-state index is 14.2. The summed E-state index contributed by atoms with van der Waals surface area (Å²) in [5, 5.41) is 8.33. The van der Waals surface area contributed by atoms with Gasteiger partial charge in [0.25, 0.3) is 5.91 Å². The zero-order chi connectivity index (χ0) is 29.2. The number of benzene rings is 2. The van der Waals surface area contributed by atoms with E-state index in [1.165, 1.54) is 6.42 Å². The Kier molecular flexibility index (Phi) is 7.45. The van der Waals surface area contributed by atoms with Crippen LogP contribution in [0.2, 0.25) is 0 Å². The van der Waals surface area contributed by atoms with Crippen LogP contribution in [0.5, 0.6) is 5.75 Å². The lowest BCUT2D eigenvalue weighted by Crippen LogP contribution is -2.59. The highest BCUT2D eigenvalue weighted by Crippen LogP contribution is 2.38. The van der Waals surface area contributed by atoms with E-state index in [2.05, 4.69) is 20.6 Å². The van der Waals surface area contributed by atoms with Crippen LogP contribution >= 0.6 is 0 Å². The normalized spacial score (nSPS) is 16.1. The average Bonchev–Trinajstić information content (AvgIpc) is 3.65. The second kappa shape index (κ2) is 11.4.